The molecule has 1 amide bonds. The number of carbonyl (C=O) groups is 1. The Morgan fingerprint density at radius 3 is 2.18 bits per heavy atom. The Hall–Kier alpha value is -1.76. The van der Waals surface area contributed by atoms with E-state index in [1.54, 1.807) is 0 Å². The van der Waals surface area contributed by atoms with Crippen LogP contribution in [-0.2, 0) is 12.6 Å². The molecule has 0 unspecified atom stereocenters. The highest BCUT2D eigenvalue weighted by Gasteiger charge is 2.36. The fourth-order valence-corrected chi connectivity index (χ4v) is 3.33. The molecule has 0 saturated carbocycles. The average Bonchev–Trinajstić information content (AvgIpc) is 2.67. The number of benzene rings is 2. The third-order valence-electron chi connectivity index (χ3n) is 4.75. The van der Waals surface area contributed by atoms with E-state index in [1.165, 1.54) is 28.7 Å². The third-order valence-corrected chi connectivity index (χ3v) is 5.00. The molecule has 0 bridgehead atoms. The molecule has 8 heteroatoms. The predicted octanol–water partition coefficient (Wildman–Crippen LogP) is 4.78. The van der Waals surface area contributed by atoms with Gasteiger partial charge in [-0.25, -0.2) is 0 Å². The van der Waals surface area contributed by atoms with Crippen LogP contribution in [-0.4, -0.2) is 48.4 Å². The molecule has 2 aromatic rings. The summed E-state index contributed by atoms with van der Waals surface area (Å²) in [4.78, 5) is 16.3. The molecule has 0 radical (unpaired) electrons. The monoisotopic (exact) mass is 432 g/mol. The topological polar surface area (TPSA) is 23.6 Å². The molecule has 1 fully saturated rings. The van der Waals surface area contributed by atoms with Gasteiger partial charge in [0.1, 0.15) is 0 Å². The van der Waals surface area contributed by atoms with Crippen LogP contribution in [0.5, 0.6) is 0 Å². The van der Waals surface area contributed by atoms with Crippen molar-refractivity contribution < 1.29 is 18.0 Å². The van der Waals surface area contributed by atoms with Crippen molar-refractivity contribution in [2.75, 3.05) is 32.7 Å². The van der Waals surface area contributed by atoms with E-state index in [-0.39, 0.29) is 18.0 Å². The van der Waals surface area contributed by atoms with Crippen molar-refractivity contribution in [1.29, 1.82) is 0 Å². The smallest absolute Gasteiger partial charge is 0.336 e. The van der Waals surface area contributed by atoms with E-state index in [9.17, 15) is 18.0 Å². The molecule has 0 spiro atoms. The van der Waals surface area contributed by atoms with Crippen molar-refractivity contribution in [2.45, 2.75) is 12.6 Å². The van der Waals surface area contributed by atoms with Crippen LogP contribution >= 0.6 is 24.0 Å². The lowest BCUT2D eigenvalue weighted by Crippen LogP contribution is -2.49. The van der Waals surface area contributed by atoms with Gasteiger partial charge >= 0.3 is 6.18 Å². The molecule has 0 atom stereocenters. The molecule has 2 aromatic carbocycles. The van der Waals surface area contributed by atoms with E-state index in [0.717, 1.165) is 19.0 Å². The summed E-state index contributed by atoms with van der Waals surface area (Å²) in [5.74, 6) is -0.555. The second-order valence-electron chi connectivity index (χ2n) is 6.55. The number of carbonyl (C=O) groups excluding carboxylic acids is 1. The first-order chi connectivity index (χ1) is 12.8. The zero-order valence-electron chi connectivity index (χ0n) is 15.1. The highest BCUT2D eigenvalue weighted by atomic mass is 35.5. The summed E-state index contributed by atoms with van der Waals surface area (Å²) in [7, 11) is 0. The fourth-order valence-electron chi connectivity index (χ4n) is 3.20. The normalized spacial score (nSPS) is 15.2. The minimum atomic E-state index is -4.54. The molecule has 0 N–H and O–H groups in total. The Labute approximate surface area is 173 Å². The molecular weight excluding hydrogens is 412 g/mol. The summed E-state index contributed by atoms with van der Waals surface area (Å²) in [6.07, 6.45) is -3.67. The molecule has 3 nitrogen and oxygen atoms in total. The Morgan fingerprint density at radius 2 is 1.57 bits per heavy atom. The molecule has 3 rings (SSSR count). The largest absolute Gasteiger partial charge is 0.417 e. The van der Waals surface area contributed by atoms with E-state index in [0.29, 0.717) is 31.2 Å². The summed E-state index contributed by atoms with van der Waals surface area (Å²) < 4.78 is 39.4. The first-order valence-corrected chi connectivity index (χ1v) is 9.15. The number of piperazine rings is 1. The third kappa shape index (κ3) is 5.63. The number of hydrogen-bond acceptors (Lipinski definition) is 2. The van der Waals surface area contributed by atoms with E-state index in [1.807, 2.05) is 24.3 Å². The lowest BCUT2D eigenvalue weighted by atomic mass is 10.1. The zero-order valence-corrected chi connectivity index (χ0v) is 16.7. The van der Waals surface area contributed by atoms with Gasteiger partial charge in [0.2, 0.25) is 0 Å². The van der Waals surface area contributed by atoms with Crippen molar-refractivity contribution in [3.63, 3.8) is 0 Å². The molecular formula is C20H21Cl2F3N2O. The predicted molar refractivity (Wildman–Crippen MR) is 106 cm³/mol. The molecule has 28 heavy (non-hydrogen) atoms. The van der Waals surface area contributed by atoms with Crippen LogP contribution in [0.1, 0.15) is 21.5 Å². The highest BCUT2D eigenvalue weighted by Crippen LogP contribution is 2.32. The summed E-state index contributed by atoms with van der Waals surface area (Å²) in [5.41, 5.74) is 0.0248. The van der Waals surface area contributed by atoms with E-state index in [4.69, 9.17) is 11.6 Å². The Balaban J connectivity index is 0.00000280. The van der Waals surface area contributed by atoms with Crippen LogP contribution < -0.4 is 0 Å². The van der Waals surface area contributed by atoms with Gasteiger partial charge in [-0.05, 0) is 36.2 Å². The number of amides is 1. The Morgan fingerprint density at radius 1 is 0.964 bits per heavy atom. The van der Waals surface area contributed by atoms with Gasteiger partial charge in [-0.15, -0.1) is 12.4 Å². The van der Waals surface area contributed by atoms with Crippen molar-refractivity contribution >= 4 is 29.9 Å². The summed E-state index contributed by atoms with van der Waals surface area (Å²) >= 11 is 5.88. The summed E-state index contributed by atoms with van der Waals surface area (Å²) in [6.45, 7) is 2.97. The SMILES string of the molecule is Cl.O=C(c1ccccc1C(F)(F)F)N1CCN(CCc2ccc(Cl)cc2)CC1. The van der Waals surface area contributed by atoms with Gasteiger partial charge in [0.05, 0.1) is 11.1 Å². The molecule has 1 aliphatic heterocycles. The highest BCUT2D eigenvalue weighted by molar-refractivity contribution is 6.30. The van der Waals surface area contributed by atoms with E-state index < -0.39 is 17.6 Å². The first kappa shape index (κ1) is 22.5. The summed E-state index contributed by atoms with van der Waals surface area (Å²) in [6, 6.07) is 12.6. The van der Waals surface area contributed by atoms with Crippen LogP contribution in [0.25, 0.3) is 0 Å². The number of rotatable bonds is 4. The van der Waals surface area contributed by atoms with Crippen molar-refractivity contribution in [3.05, 3.63) is 70.2 Å². The minimum absolute atomic E-state index is 0. The van der Waals surface area contributed by atoms with Gasteiger partial charge in [0, 0.05) is 37.7 Å². The molecule has 1 heterocycles. The Kier molecular flexibility index (Phi) is 7.75. The summed E-state index contributed by atoms with van der Waals surface area (Å²) in [5, 5.41) is 0.699. The molecule has 0 aliphatic carbocycles. The quantitative estimate of drug-likeness (QED) is 0.693. The zero-order chi connectivity index (χ0) is 19.4. The Bertz CT molecular complexity index is 789. The maximum absolute atomic E-state index is 13.1. The lowest BCUT2D eigenvalue weighted by molar-refractivity contribution is -0.138. The molecule has 1 aliphatic rings. The minimum Gasteiger partial charge on any atom is -0.336 e. The number of halogens is 5. The lowest BCUT2D eigenvalue weighted by Gasteiger charge is -2.35. The van der Waals surface area contributed by atoms with Gasteiger partial charge in [0.15, 0.2) is 0 Å². The van der Waals surface area contributed by atoms with Crippen LogP contribution in [0.3, 0.4) is 0 Å². The maximum atomic E-state index is 13.1. The first-order valence-electron chi connectivity index (χ1n) is 8.77. The van der Waals surface area contributed by atoms with Crippen LogP contribution in [0.2, 0.25) is 5.02 Å². The van der Waals surface area contributed by atoms with Gasteiger partial charge in [-0.1, -0.05) is 35.9 Å². The molecule has 1 saturated heterocycles. The second-order valence-corrected chi connectivity index (χ2v) is 6.99. The van der Waals surface area contributed by atoms with Gasteiger partial charge in [0.25, 0.3) is 5.91 Å². The molecule has 0 aromatic heterocycles. The van der Waals surface area contributed by atoms with Crippen LogP contribution in [0.4, 0.5) is 13.2 Å². The van der Waals surface area contributed by atoms with E-state index in [2.05, 4.69) is 4.90 Å². The molecule has 152 valence electrons. The van der Waals surface area contributed by atoms with Crippen molar-refractivity contribution in [3.8, 4) is 0 Å². The van der Waals surface area contributed by atoms with Gasteiger partial charge < -0.3 is 4.90 Å². The van der Waals surface area contributed by atoms with Gasteiger partial charge in [-0.3, -0.25) is 9.69 Å². The number of nitrogens with zero attached hydrogens (tertiary/aromatic N) is 2. The average molecular weight is 433 g/mol. The van der Waals surface area contributed by atoms with Gasteiger partial charge in [-0.2, -0.15) is 13.2 Å². The number of alkyl halides is 3. The standard InChI is InChI=1S/C20H20ClF3N2O.ClH/c21-16-7-5-15(6-8-16)9-10-25-11-13-26(14-12-25)19(27)17-3-1-2-4-18(17)20(22,23)24;/h1-8H,9-14H2;1H. The van der Waals surface area contributed by atoms with Crippen LogP contribution in [0, 0.1) is 0 Å². The second kappa shape index (κ2) is 9.63. The van der Waals surface area contributed by atoms with E-state index >= 15 is 0 Å². The maximum Gasteiger partial charge on any atom is 0.417 e. The van der Waals surface area contributed by atoms with Crippen molar-refractivity contribution in [1.82, 2.24) is 9.80 Å². The fraction of sp³-hybridized carbons (Fsp3) is 0.350. The number of hydrogen-bond donors (Lipinski definition) is 0. The van der Waals surface area contributed by atoms with Crippen LogP contribution in [0.15, 0.2) is 48.5 Å². The van der Waals surface area contributed by atoms with Crippen molar-refractivity contribution in [2.24, 2.45) is 0 Å².